The second-order valence-corrected chi connectivity index (χ2v) is 5.29. The van der Waals surface area contributed by atoms with Crippen LogP contribution in [0.3, 0.4) is 0 Å². The summed E-state index contributed by atoms with van der Waals surface area (Å²) in [6, 6.07) is 11.7. The summed E-state index contributed by atoms with van der Waals surface area (Å²) < 4.78 is 0. The molecule has 0 aliphatic rings. The molecule has 1 heterocycles. The van der Waals surface area contributed by atoms with E-state index < -0.39 is 0 Å². The predicted octanol–water partition coefficient (Wildman–Crippen LogP) is 4.07. The highest BCUT2D eigenvalue weighted by Crippen LogP contribution is 2.17. The van der Waals surface area contributed by atoms with Crippen molar-refractivity contribution in [3.05, 3.63) is 54.4 Å². The van der Waals surface area contributed by atoms with E-state index in [-0.39, 0.29) is 11.8 Å². The van der Waals surface area contributed by atoms with Crippen LogP contribution in [-0.2, 0) is 11.3 Å². The molecule has 2 rings (SSSR count). The predicted molar refractivity (Wildman–Crippen MR) is 90.7 cm³/mol. The van der Waals surface area contributed by atoms with E-state index in [1.807, 2.05) is 56.4 Å². The van der Waals surface area contributed by atoms with Crippen LogP contribution in [-0.4, -0.2) is 10.9 Å². The molecule has 0 aliphatic heterocycles. The monoisotopic (exact) mass is 297 g/mol. The van der Waals surface area contributed by atoms with Gasteiger partial charge in [-0.3, -0.25) is 9.78 Å². The molecule has 4 nitrogen and oxygen atoms in total. The van der Waals surface area contributed by atoms with Gasteiger partial charge in [-0.2, -0.15) is 0 Å². The standard InChI is InChI=1S/C18H23N3O/c1-3-15(4-2)18(22)21-17-9-7-16(8-10-17)20-13-14-6-5-11-19-12-14/h5-12,15,20H,3-4,13H2,1-2H3,(H,21,22). The minimum absolute atomic E-state index is 0.0865. The minimum Gasteiger partial charge on any atom is -0.381 e. The van der Waals surface area contributed by atoms with E-state index in [4.69, 9.17) is 0 Å². The van der Waals surface area contributed by atoms with Gasteiger partial charge in [-0.1, -0.05) is 19.9 Å². The zero-order valence-corrected chi connectivity index (χ0v) is 13.2. The van der Waals surface area contributed by atoms with Crippen molar-refractivity contribution >= 4 is 17.3 Å². The lowest BCUT2D eigenvalue weighted by Gasteiger charge is -2.13. The molecule has 0 saturated carbocycles. The zero-order valence-electron chi connectivity index (χ0n) is 13.2. The number of nitrogens with zero attached hydrogens (tertiary/aromatic N) is 1. The van der Waals surface area contributed by atoms with Crippen LogP contribution in [0.15, 0.2) is 48.8 Å². The van der Waals surface area contributed by atoms with Crippen LogP contribution in [0.25, 0.3) is 0 Å². The Morgan fingerprint density at radius 2 is 1.77 bits per heavy atom. The minimum atomic E-state index is 0.0865. The molecule has 0 fully saturated rings. The molecule has 4 heteroatoms. The van der Waals surface area contributed by atoms with Crippen LogP contribution in [0.5, 0.6) is 0 Å². The zero-order chi connectivity index (χ0) is 15.8. The van der Waals surface area contributed by atoms with Gasteiger partial charge in [0.2, 0.25) is 5.91 Å². The summed E-state index contributed by atoms with van der Waals surface area (Å²) in [6.07, 6.45) is 5.35. The molecule has 1 aromatic carbocycles. The number of anilines is 2. The van der Waals surface area contributed by atoms with Crippen molar-refractivity contribution in [2.45, 2.75) is 33.2 Å². The average Bonchev–Trinajstić information content (AvgIpc) is 2.56. The summed E-state index contributed by atoms with van der Waals surface area (Å²) in [5.74, 6) is 0.185. The third-order valence-corrected chi connectivity index (χ3v) is 3.73. The Bertz CT molecular complexity index is 577. The fraction of sp³-hybridized carbons (Fsp3) is 0.333. The quantitative estimate of drug-likeness (QED) is 0.810. The molecule has 2 N–H and O–H groups in total. The number of hydrogen-bond donors (Lipinski definition) is 2. The number of pyridine rings is 1. The normalized spacial score (nSPS) is 10.5. The first-order valence-electron chi connectivity index (χ1n) is 7.76. The number of aromatic nitrogens is 1. The maximum absolute atomic E-state index is 12.0. The third-order valence-electron chi connectivity index (χ3n) is 3.73. The second-order valence-electron chi connectivity index (χ2n) is 5.29. The van der Waals surface area contributed by atoms with Crippen molar-refractivity contribution in [2.75, 3.05) is 10.6 Å². The van der Waals surface area contributed by atoms with Crippen LogP contribution in [0.2, 0.25) is 0 Å². The third kappa shape index (κ3) is 4.58. The fourth-order valence-corrected chi connectivity index (χ4v) is 2.28. The number of carbonyl (C=O) groups is 1. The first kappa shape index (κ1) is 16.0. The van der Waals surface area contributed by atoms with Gasteiger partial charge < -0.3 is 10.6 Å². The van der Waals surface area contributed by atoms with Crippen LogP contribution in [0.4, 0.5) is 11.4 Å². The first-order chi connectivity index (χ1) is 10.7. The van der Waals surface area contributed by atoms with Gasteiger partial charge in [0.1, 0.15) is 0 Å². The Morgan fingerprint density at radius 3 is 2.36 bits per heavy atom. The van der Waals surface area contributed by atoms with E-state index in [0.717, 1.165) is 36.3 Å². The van der Waals surface area contributed by atoms with Crippen LogP contribution < -0.4 is 10.6 Å². The molecule has 0 atom stereocenters. The van der Waals surface area contributed by atoms with E-state index in [1.165, 1.54) is 0 Å². The largest absolute Gasteiger partial charge is 0.381 e. The number of nitrogens with one attached hydrogen (secondary N) is 2. The van der Waals surface area contributed by atoms with Gasteiger partial charge in [-0.05, 0) is 48.7 Å². The second kappa shape index (κ2) is 8.17. The Kier molecular flexibility index (Phi) is 5.95. The highest BCUT2D eigenvalue weighted by Gasteiger charge is 2.13. The molecule has 2 aromatic rings. The number of amides is 1. The summed E-state index contributed by atoms with van der Waals surface area (Å²) >= 11 is 0. The smallest absolute Gasteiger partial charge is 0.227 e. The molecule has 116 valence electrons. The van der Waals surface area contributed by atoms with Crippen molar-refractivity contribution < 1.29 is 4.79 Å². The molecule has 0 bridgehead atoms. The molecule has 0 spiro atoms. The Balaban J connectivity index is 1.89. The van der Waals surface area contributed by atoms with Gasteiger partial charge in [-0.15, -0.1) is 0 Å². The van der Waals surface area contributed by atoms with E-state index >= 15 is 0 Å². The van der Waals surface area contributed by atoms with E-state index in [2.05, 4.69) is 15.6 Å². The van der Waals surface area contributed by atoms with E-state index in [1.54, 1.807) is 6.20 Å². The van der Waals surface area contributed by atoms with Crippen molar-refractivity contribution in [1.82, 2.24) is 4.98 Å². The van der Waals surface area contributed by atoms with E-state index in [9.17, 15) is 4.79 Å². The molecule has 0 saturated heterocycles. The molecular formula is C18H23N3O. The fourth-order valence-electron chi connectivity index (χ4n) is 2.28. The van der Waals surface area contributed by atoms with Crippen molar-refractivity contribution in [2.24, 2.45) is 5.92 Å². The van der Waals surface area contributed by atoms with Crippen LogP contribution >= 0.6 is 0 Å². The number of carbonyl (C=O) groups excluding carboxylic acids is 1. The van der Waals surface area contributed by atoms with Crippen LogP contribution in [0.1, 0.15) is 32.3 Å². The molecule has 22 heavy (non-hydrogen) atoms. The number of rotatable bonds is 7. The van der Waals surface area contributed by atoms with Gasteiger partial charge >= 0.3 is 0 Å². The van der Waals surface area contributed by atoms with Crippen LogP contribution in [0, 0.1) is 5.92 Å². The Morgan fingerprint density at radius 1 is 1.09 bits per heavy atom. The Labute approximate surface area is 132 Å². The molecule has 1 amide bonds. The number of hydrogen-bond acceptors (Lipinski definition) is 3. The van der Waals surface area contributed by atoms with Gasteiger partial charge in [0, 0.05) is 36.2 Å². The highest BCUT2D eigenvalue weighted by atomic mass is 16.1. The molecule has 1 aromatic heterocycles. The van der Waals surface area contributed by atoms with Gasteiger partial charge in [0.15, 0.2) is 0 Å². The maximum Gasteiger partial charge on any atom is 0.227 e. The molecule has 0 radical (unpaired) electrons. The highest BCUT2D eigenvalue weighted by molar-refractivity contribution is 5.92. The maximum atomic E-state index is 12.0. The molecule has 0 aliphatic carbocycles. The Hall–Kier alpha value is -2.36. The van der Waals surface area contributed by atoms with Gasteiger partial charge in [0.25, 0.3) is 0 Å². The van der Waals surface area contributed by atoms with E-state index in [0.29, 0.717) is 0 Å². The first-order valence-corrected chi connectivity index (χ1v) is 7.76. The topological polar surface area (TPSA) is 54.0 Å². The van der Waals surface area contributed by atoms with Crippen molar-refractivity contribution in [3.63, 3.8) is 0 Å². The molecular weight excluding hydrogens is 274 g/mol. The molecule has 0 unspecified atom stereocenters. The summed E-state index contributed by atoms with van der Waals surface area (Å²) in [5, 5.41) is 6.30. The summed E-state index contributed by atoms with van der Waals surface area (Å²) in [5.41, 5.74) is 2.99. The SMILES string of the molecule is CCC(CC)C(=O)Nc1ccc(NCc2cccnc2)cc1. The lowest BCUT2D eigenvalue weighted by Crippen LogP contribution is -2.21. The lowest BCUT2D eigenvalue weighted by molar-refractivity contribution is -0.120. The average molecular weight is 297 g/mol. The summed E-state index contributed by atoms with van der Waals surface area (Å²) in [7, 11) is 0. The van der Waals surface area contributed by atoms with Crippen molar-refractivity contribution in [1.29, 1.82) is 0 Å². The van der Waals surface area contributed by atoms with Crippen molar-refractivity contribution in [3.8, 4) is 0 Å². The number of benzene rings is 1. The lowest BCUT2D eigenvalue weighted by atomic mass is 10.0. The summed E-state index contributed by atoms with van der Waals surface area (Å²) in [6.45, 7) is 4.81. The summed E-state index contributed by atoms with van der Waals surface area (Å²) in [4.78, 5) is 16.1. The van der Waals surface area contributed by atoms with Gasteiger partial charge in [0.05, 0.1) is 0 Å². The van der Waals surface area contributed by atoms with Gasteiger partial charge in [-0.25, -0.2) is 0 Å².